The Morgan fingerprint density at radius 3 is 2.67 bits per heavy atom. The number of H-pyrrole nitrogens is 1. The highest BCUT2D eigenvalue weighted by Gasteiger charge is 2.04. The Morgan fingerprint density at radius 1 is 1.11 bits per heavy atom. The first-order chi connectivity index (χ1) is 8.70. The third kappa shape index (κ3) is 2.24. The third-order valence-electron chi connectivity index (χ3n) is 2.80. The smallest absolute Gasteiger partial charge is 0.123 e. The number of imidazole rings is 1. The Labute approximate surface area is 109 Å². The molecular formula is C14H11FN2S. The van der Waals surface area contributed by atoms with Crippen LogP contribution in [0.1, 0.15) is 11.4 Å². The van der Waals surface area contributed by atoms with Crippen LogP contribution in [0, 0.1) is 5.82 Å². The summed E-state index contributed by atoms with van der Waals surface area (Å²) in [6.07, 6.45) is 0.664. The Bertz CT molecular complexity index is 689. The molecule has 0 saturated carbocycles. The van der Waals surface area contributed by atoms with Crippen molar-refractivity contribution in [3.05, 3.63) is 59.7 Å². The number of fused-ring (bicyclic) bond motifs is 1. The second-order valence-electron chi connectivity index (χ2n) is 4.19. The van der Waals surface area contributed by atoms with Crippen molar-refractivity contribution in [2.45, 2.75) is 11.3 Å². The zero-order valence-corrected chi connectivity index (χ0v) is 10.4. The zero-order chi connectivity index (χ0) is 12.5. The van der Waals surface area contributed by atoms with Crippen molar-refractivity contribution in [3.63, 3.8) is 0 Å². The molecule has 0 aliphatic heterocycles. The molecule has 0 aliphatic rings. The summed E-state index contributed by atoms with van der Waals surface area (Å²) < 4.78 is 12.8. The van der Waals surface area contributed by atoms with Gasteiger partial charge in [-0.25, -0.2) is 9.37 Å². The van der Waals surface area contributed by atoms with Crippen LogP contribution >= 0.6 is 12.6 Å². The van der Waals surface area contributed by atoms with E-state index < -0.39 is 0 Å². The monoisotopic (exact) mass is 258 g/mol. The van der Waals surface area contributed by atoms with Crippen LogP contribution in [0.4, 0.5) is 4.39 Å². The van der Waals surface area contributed by atoms with Gasteiger partial charge in [0, 0.05) is 11.3 Å². The van der Waals surface area contributed by atoms with Crippen LogP contribution < -0.4 is 0 Å². The fourth-order valence-corrected chi connectivity index (χ4v) is 2.13. The molecule has 0 radical (unpaired) electrons. The molecule has 0 unspecified atom stereocenters. The summed E-state index contributed by atoms with van der Waals surface area (Å²) >= 11 is 4.29. The summed E-state index contributed by atoms with van der Waals surface area (Å²) in [5.74, 6) is 0.651. The van der Waals surface area contributed by atoms with Gasteiger partial charge in [0.15, 0.2) is 0 Å². The highest BCUT2D eigenvalue weighted by Crippen LogP contribution is 2.17. The Kier molecular flexibility index (Phi) is 2.80. The maximum atomic E-state index is 12.8. The second-order valence-corrected chi connectivity index (χ2v) is 4.70. The van der Waals surface area contributed by atoms with E-state index in [2.05, 4.69) is 22.6 Å². The van der Waals surface area contributed by atoms with Crippen LogP contribution in [-0.4, -0.2) is 9.97 Å². The lowest BCUT2D eigenvalue weighted by Gasteiger charge is -1.97. The Hall–Kier alpha value is -1.81. The number of thiol groups is 1. The second kappa shape index (κ2) is 4.46. The molecule has 0 aliphatic carbocycles. The SMILES string of the molecule is Fc1ccc(Cc2nc3ccc(S)cc3[nH]2)cc1. The van der Waals surface area contributed by atoms with E-state index >= 15 is 0 Å². The van der Waals surface area contributed by atoms with Gasteiger partial charge in [-0.2, -0.15) is 0 Å². The van der Waals surface area contributed by atoms with Gasteiger partial charge in [0.2, 0.25) is 0 Å². The molecule has 0 spiro atoms. The minimum absolute atomic E-state index is 0.219. The predicted molar refractivity (Wildman–Crippen MR) is 72.6 cm³/mol. The molecule has 1 heterocycles. The summed E-state index contributed by atoms with van der Waals surface area (Å²) in [6, 6.07) is 12.3. The van der Waals surface area contributed by atoms with Gasteiger partial charge >= 0.3 is 0 Å². The van der Waals surface area contributed by atoms with E-state index in [0.29, 0.717) is 6.42 Å². The van der Waals surface area contributed by atoms with Crippen molar-refractivity contribution in [2.75, 3.05) is 0 Å². The highest BCUT2D eigenvalue weighted by atomic mass is 32.1. The quantitative estimate of drug-likeness (QED) is 0.676. The zero-order valence-electron chi connectivity index (χ0n) is 9.52. The number of benzene rings is 2. The van der Waals surface area contributed by atoms with Crippen molar-refractivity contribution < 1.29 is 4.39 Å². The molecule has 0 amide bonds. The van der Waals surface area contributed by atoms with Crippen molar-refractivity contribution in [1.82, 2.24) is 9.97 Å². The number of halogens is 1. The molecule has 0 bridgehead atoms. The minimum Gasteiger partial charge on any atom is -0.342 e. The molecule has 0 fully saturated rings. The average Bonchev–Trinajstić information content (AvgIpc) is 2.73. The number of aromatic nitrogens is 2. The lowest BCUT2D eigenvalue weighted by Crippen LogP contribution is -1.90. The molecule has 1 N–H and O–H groups in total. The van der Waals surface area contributed by atoms with Gasteiger partial charge in [-0.1, -0.05) is 12.1 Å². The van der Waals surface area contributed by atoms with Gasteiger partial charge in [0.1, 0.15) is 11.6 Å². The minimum atomic E-state index is -0.219. The Morgan fingerprint density at radius 2 is 1.89 bits per heavy atom. The van der Waals surface area contributed by atoms with Crippen LogP contribution in [0.5, 0.6) is 0 Å². The molecule has 2 aromatic carbocycles. The lowest BCUT2D eigenvalue weighted by molar-refractivity contribution is 0.627. The molecule has 3 rings (SSSR count). The normalized spacial score (nSPS) is 11.0. The number of nitrogens with zero attached hydrogens (tertiary/aromatic N) is 1. The van der Waals surface area contributed by atoms with Crippen LogP contribution in [0.15, 0.2) is 47.4 Å². The van der Waals surface area contributed by atoms with Gasteiger partial charge < -0.3 is 4.98 Å². The van der Waals surface area contributed by atoms with E-state index in [9.17, 15) is 4.39 Å². The van der Waals surface area contributed by atoms with Crippen LogP contribution in [0.3, 0.4) is 0 Å². The van der Waals surface area contributed by atoms with Crippen LogP contribution in [-0.2, 0) is 6.42 Å². The lowest BCUT2D eigenvalue weighted by atomic mass is 10.1. The number of hydrogen-bond donors (Lipinski definition) is 2. The maximum absolute atomic E-state index is 12.8. The van der Waals surface area contributed by atoms with Gasteiger partial charge in [-0.05, 0) is 35.9 Å². The molecule has 4 heteroatoms. The van der Waals surface area contributed by atoms with E-state index in [4.69, 9.17) is 0 Å². The molecule has 3 aromatic rings. The first-order valence-corrected chi connectivity index (χ1v) is 6.07. The van der Waals surface area contributed by atoms with Crippen molar-refractivity contribution >= 4 is 23.7 Å². The van der Waals surface area contributed by atoms with Crippen molar-refractivity contribution in [2.24, 2.45) is 0 Å². The van der Waals surface area contributed by atoms with E-state index in [0.717, 1.165) is 27.3 Å². The van der Waals surface area contributed by atoms with Gasteiger partial charge in [0.25, 0.3) is 0 Å². The summed E-state index contributed by atoms with van der Waals surface area (Å²) in [5.41, 5.74) is 2.92. The highest BCUT2D eigenvalue weighted by molar-refractivity contribution is 7.80. The van der Waals surface area contributed by atoms with Gasteiger partial charge in [-0.3, -0.25) is 0 Å². The summed E-state index contributed by atoms with van der Waals surface area (Å²) in [4.78, 5) is 8.64. The number of rotatable bonds is 2. The molecule has 1 aromatic heterocycles. The van der Waals surface area contributed by atoms with E-state index in [1.165, 1.54) is 12.1 Å². The third-order valence-corrected chi connectivity index (χ3v) is 3.08. The number of nitrogens with one attached hydrogen (secondary N) is 1. The number of hydrogen-bond acceptors (Lipinski definition) is 2. The predicted octanol–water partition coefficient (Wildman–Crippen LogP) is 3.58. The molecule has 2 nitrogen and oxygen atoms in total. The molecule has 90 valence electrons. The molecule has 18 heavy (non-hydrogen) atoms. The first-order valence-electron chi connectivity index (χ1n) is 5.63. The fraction of sp³-hybridized carbons (Fsp3) is 0.0714. The molecule has 0 saturated heterocycles. The topological polar surface area (TPSA) is 28.7 Å². The van der Waals surface area contributed by atoms with Crippen molar-refractivity contribution in [3.8, 4) is 0 Å². The van der Waals surface area contributed by atoms with Gasteiger partial charge in [-0.15, -0.1) is 12.6 Å². The Balaban J connectivity index is 1.92. The van der Waals surface area contributed by atoms with Crippen LogP contribution in [0.2, 0.25) is 0 Å². The number of aromatic amines is 1. The molecular weight excluding hydrogens is 247 g/mol. The standard InChI is InChI=1S/C14H11FN2S/c15-10-3-1-9(2-4-10)7-14-16-12-6-5-11(18)8-13(12)17-14/h1-6,8,18H,7H2,(H,16,17). The van der Waals surface area contributed by atoms with Crippen molar-refractivity contribution in [1.29, 1.82) is 0 Å². The summed E-state index contributed by atoms with van der Waals surface area (Å²) in [7, 11) is 0. The first kappa shape index (κ1) is 11.3. The molecule has 0 atom stereocenters. The van der Waals surface area contributed by atoms with Gasteiger partial charge in [0.05, 0.1) is 11.0 Å². The van der Waals surface area contributed by atoms with E-state index in [-0.39, 0.29) is 5.82 Å². The summed E-state index contributed by atoms with van der Waals surface area (Å²) in [6.45, 7) is 0. The van der Waals surface area contributed by atoms with E-state index in [1.54, 1.807) is 12.1 Å². The summed E-state index contributed by atoms with van der Waals surface area (Å²) in [5, 5.41) is 0. The van der Waals surface area contributed by atoms with E-state index in [1.807, 2.05) is 18.2 Å². The average molecular weight is 258 g/mol. The largest absolute Gasteiger partial charge is 0.342 e. The van der Waals surface area contributed by atoms with Crippen LogP contribution in [0.25, 0.3) is 11.0 Å². The maximum Gasteiger partial charge on any atom is 0.123 e. The fourth-order valence-electron chi connectivity index (χ4n) is 1.93.